The SMILES string of the molecule is CCCC1CC1COc1cc(C)c([N+](=O)[O-])cc1C. The van der Waals surface area contributed by atoms with Crippen LogP contribution in [0.4, 0.5) is 5.69 Å². The fraction of sp³-hybridized carbons (Fsp3) is 0.600. The van der Waals surface area contributed by atoms with Gasteiger partial charge in [-0.2, -0.15) is 0 Å². The molecule has 0 heterocycles. The monoisotopic (exact) mass is 263 g/mol. The minimum absolute atomic E-state index is 0.167. The summed E-state index contributed by atoms with van der Waals surface area (Å²) in [4.78, 5) is 10.5. The topological polar surface area (TPSA) is 52.4 Å². The van der Waals surface area contributed by atoms with Crippen molar-refractivity contribution >= 4 is 5.69 Å². The zero-order valence-corrected chi connectivity index (χ0v) is 11.8. The number of aryl methyl sites for hydroxylation is 2. The third-order valence-electron chi connectivity index (χ3n) is 3.87. The first-order chi connectivity index (χ1) is 9.02. The number of ether oxygens (including phenoxy) is 1. The van der Waals surface area contributed by atoms with Crippen LogP contribution < -0.4 is 4.74 Å². The largest absolute Gasteiger partial charge is 0.493 e. The molecule has 1 aliphatic carbocycles. The van der Waals surface area contributed by atoms with Crippen LogP contribution in [0.2, 0.25) is 0 Å². The quantitative estimate of drug-likeness (QED) is 0.575. The lowest BCUT2D eigenvalue weighted by Gasteiger charge is -2.10. The molecular weight excluding hydrogens is 242 g/mol. The third-order valence-corrected chi connectivity index (χ3v) is 3.87. The molecule has 1 aromatic rings. The van der Waals surface area contributed by atoms with E-state index >= 15 is 0 Å². The van der Waals surface area contributed by atoms with Crippen molar-refractivity contribution in [3.8, 4) is 5.75 Å². The van der Waals surface area contributed by atoms with Crippen LogP contribution in [0.15, 0.2) is 12.1 Å². The molecule has 0 aliphatic heterocycles. The maximum atomic E-state index is 10.8. The lowest BCUT2D eigenvalue weighted by atomic mass is 10.1. The Hall–Kier alpha value is -1.58. The molecule has 4 nitrogen and oxygen atoms in total. The van der Waals surface area contributed by atoms with E-state index in [1.165, 1.54) is 19.3 Å². The summed E-state index contributed by atoms with van der Waals surface area (Å²) in [5, 5.41) is 10.8. The summed E-state index contributed by atoms with van der Waals surface area (Å²) >= 11 is 0. The molecule has 0 spiro atoms. The molecule has 0 amide bonds. The minimum Gasteiger partial charge on any atom is -0.493 e. The first kappa shape index (κ1) is 13.8. The van der Waals surface area contributed by atoms with E-state index in [9.17, 15) is 10.1 Å². The Balaban J connectivity index is 1.98. The van der Waals surface area contributed by atoms with Gasteiger partial charge < -0.3 is 4.74 Å². The van der Waals surface area contributed by atoms with Gasteiger partial charge in [-0.25, -0.2) is 0 Å². The number of nitrogens with zero attached hydrogens (tertiary/aromatic N) is 1. The van der Waals surface area contributed by atoms with Gasteiger partial charge in [-0.1, -0.05) is 19.8 Å². The summed E-state index contributed by atoms with van der Waals surface area (Å²) in [6.07, 6.45) is 3.78. The Kier molecular flexibility index (Phi) is 4.08. The molecule has 19 heavy (non-hydrogen) atoms. The molecule has 2 atom stereocenters. The van der Waals surface area contributed by atoms with Gasteiger partial charge in [0.25, 0.3) is 5.69 Å². The number of hydrogen-bond acceptors (Lipinski definition) is 3. The highest BCUT2D eigenvalue weighted by Gasteiger charge is 2.36. The Bertz CT molecular complexity index is 485. The van der Waals surface area contributed by atoms with E-state index in [0.29, 0.717) is 11.5 Å². The highest BCUT2D eigenvalue weighted by atomic mass is 16.6. The van der Waals surface area contributed by atoms with Gasteiger partial charge in [0.1, 0.15) is 5.75 Å². The Labute approximate surface area is 113 Å². The fourth-order valence-corrected chi connectivity index (χ4v) is 2.56. The van der Waals surface area contributed by atoms with Gasteiger partial charge in [0, 0.05) is 11.6 Å². The molecule has 1 saturated carbocycles. The molecule has 2 unspecified atom stereocenters. The standard InChI is InChI=1S/C15H21NO3/c1-4-5-12-8-13(12)9-19-15-7-10(2)14(16(17)18)6-11(15)3/h6-7,12-13H,4-5,8-9H2,1-3H3. The van der Waals surface area contributed by atoms with Crippen LogP contribution >= 0.6 is 0 Å². The first-order valence-electron chi connectivity index (χ1n) is 6.91. The second-order valence-corrected chi connectivity index (χ2v) is 5.52. The number of rotatable bonds is 6. The van der Waals surface area contributed by atoms with Gasteiger partial charge in [-0.15, -0.1) is 0 Å². The van der Waals surface area contributed by atoms with Crippen LogP contribution in [0.1, 0.15) is 37.3 Å². The molecule has 1 fully saturated rings. The highest BCUT2D eigenvalue weighted by Crippen LogP contribution is 2.42. The zero-order valence-electron chi connectivity index (χ0n) is 11.8. The molecule has 0 aromatic heterocycles. The fourth-order valence-electron chi connectivity index (χ4n) is 2.56. The molecule has 1 aliphatic rings. The molecular formula is C15H21NO3. The molecule has 1 aromatic carbocycles. The van der Waals surface area contributed by atoms with Crippen molar-refractivity contribution in [2.75, 3.05) is 6.61 Å². The van der Waals surface area contributed by atoms with Crippen LogP contribution in [0, 0.1) is 35.8 Å². The summed E-state index contributed by atoms with van der Waals surface area (Å²) in [5.41, 5.74) is 1.66. The normalized spacial score (nSPS) is 21.2. The lowest BCUT2D eigenvalue weighted by molar-refractivity contribution is -0.385. The molecule has 0 N–H and O–H groups in total. The number of hydrogen-bond donors (Lipinski definition) is 0. The summed E-state index contributed by atoms with van der Waals surface area (Å²) in [7, 11) is 0. The third kappa shape index (κ3) is 3.25. The van der Waals surface area contributed by atoms with E-state index in [2.05, 4.69) is 6.92 Å². The van der Waals surface area contributed by atoms with Crippen molar-refractivity contribution < 1.29 is 9.66 Å². The Morgan fingerprint density at radius 3 is 2.68 bits per heavy atom. The Morgan fingerprint density at radius 2 is 2.05 bits per heavy atom. The zero-order chi connectivity index (χ0) is 14.0. The second kappa shape index (κ2) is 5.59. The maximum absolute atomic E-state index is 10.8. The van der Waals surface area contributed by atoms with E-state index in [4.69, 9.17) is 4.74 Å². The average molecular weight is 263 g/mol. The predicted molar refractivity (Wildman–Crippen MR) is 74.6 cm³/mol. The summed E-state index contributed by atoms with van der Waals surface area (Å²) in [6.45, 7) is 6.56. The van der Waals surface area contributed by atoms with Gasteiger partial charge in [-0.05, 0) is 43.7 Å². The van der Waals surface area contributed by atoms with Crippen molar-refractivity contribution in [2.24, 2.45) is 11.8 Å². The molecule has 104 valence electrons. The molecule has 4 heteroatoms. The predicted octanol–water partition coefficient (Wildman–Crippen LogP) is 4.03. The number of benzene rings is 1. The summed E-state index contributed by atoms with van der Waals surface area (Å²) in [6, 6.07) is 3.38. The van der Waals surface area contributed by atoms with Crippen molar-refractivity contribution in [3.63, 3.8) is 0 Å². The number of nitro groups is 1. The minimum atomic E-state index is -0.343. The molecule has 0 saturated heterocycles. The van der Waals surface area contributed by atoms with E-state index in [0.717, 1.165) is 23.8 Å². The smallest absolute Gasteiger partial charge is 0.272 e. The molecule has 0 bridgehead atoms. The van der Waals surface area contributed by atoms with E-state index in [1.807, 2.05) is 6.92 Å². The molecule has 0 radical (unpaired) electrons. The van der Waals surface area contributed by atoms with E-state index < -0.39 is 0 Å². The molecule has 2 rings (SSSR count). The van der Waals surface area contributed by atoms with E-state index in [-0.39, 0.29) is 10.6 Å². The van der Waals surface area contributed by atoms with Crippen molar-refractivity contribution in [1.82, 2.24) is 0 Å². The Morgan fingerprint density at radius 1 is 1.32 bits per heavy atom. The van der Waals surface area contributed by atoms with Crippen LogP contribution in [-0.4, -0.2) is 11.5 Å². The maximum Gasteiger partial charge on any atom is 0.272 e. The lowest BCUT2D eigenvalue weighted by Crippen LogP contribution is -2.03. The van der Waals surface area contributed by atoms with Crippen LogP contribution in [0.25, 0.3) is 0 Å². The van der Waals surface area contributed by atoms with E-state index in [1.54, 1.807) is 19.1 Å². The average Bonchev–Trinajstić information content (AvgIpc) is 3.08. The van der Waals surface area contributed by atoms with Crippen LogP contribution in [-0.2, 0) is 0 Å². The second-order valence-electron chi connectivity index (χ2n) is 5.52. The van der Waals surface area contributed by atoms with Gasteiger partial charge >= 0.3 is 0 Å². The van der Waals surface area contributed by atoms with Crippen LogP contribution in [0.5, 0.6) is 5.75 Å². The van der Waals surface area contributed by atoms with Crippen LogP contribution in [0.3, 0.4) is 0 Å². The highest BCUT2D eigenvalue weighted by molar-refractivity contribution is 5.49. The summed E-state index contributed by atoms with van der Waals surface area (Å²) in [5.74, 6) is 2.28. The van der Waals surface area contributed by atoms with Gasteiger partial charge in [0.05, 0.1) is 11.5 Å². The van der Waals surface area contributed by atoms with Gasteiger partial charge in [0.15, 0.2) is 0 Å². The van der Waals surface area contributed by atoms with Crippen molar-refractivity contribution in [2.45, 2.75) is 40.0 Å². The number of nitro benzene ring substituents is 1. The van der Waals surface area contributed by atoms with Crippen molar-refractivity contribution in [3.05, 3.63) is 33.4 Å². The summed E-state index contributed by atoms with van der Waals surface area (Å²) < 4.78 is 5.83. The first-order valence-corrected chi connectivity index (χ1v) is 6.91. The van der Waals surface area contributed by atoms with Gasteiger partial charge in [-0.3, -0.25) is 10.1 Å². The van der Waals surface area contributed by atoms with Crippen molar-refractivity contribution in [1.29, 1.82) is 0 Å². The van der Waals surface area contributed by atoms with Gasteiger partial charge in [0.2, 0.25) is 0 Å².